The third-order valence-corrected chi connectivity index (χ3v) is 3.27. The van der Waals surface area contributed by atoms with Gasteiger partial charge in [0, 0.05) is 13.6 Å². The maximum atomic E-state index is 11.3. The van der Waals surface area contributed by atoms with Crippen LogP contribution in [0.2, 0.25) is 0 Å². The number of fused-ring (bicyclic) bond motifs is 1. The molecule has 0 radical (unpaired) electrons. The summed E-state index contributed by atoms with van der Waals surface area (Å²) in [6.07, 6.45) is 0.813. The molecular weight excluding hydrogens is 238 g/mol. The van der Waals surface area contributed by atoms with Gasteiger partial charge in [-0.3, -0.25) is 5.43 Å². The molecule has 0 spiro atoms. The number of amides is 2. The van der Waals surface area contributed by atoms with Crippen molar-refractivity contribution >= 4 is 16.8 Å². The summed E-state index contributed by atoms with van der Waals surface area (Å²) in [4.78, 5) is 12.8. The molecule has 0 bridgehead atoms. The Morgan fingerprint density at radius 3 is 2.63 bits per heavy atom. The van der Waals surface area contributed by atoms with Crippen LogP contribution in [0.1, 0.15) is 11.1 Å². The quantitative estimate of drug-likeness (QED) is 0.503. The molecule has 0 aromatic heterocycles. The largest absolute Gasteiger partial charge is 0.331 e. The lowest BCUT2D eigenvalue weighted by Crippen LogP contribution is -2.41. The lowest BCUT2D eigenvalue weighted by Gasteiger charge is -2.16. The van der Waals surface area contributed by atoms with E-state index in [0.717, 1.165) is 6.42 Å². The third-order valence-electron chi connectivity index (χ3n) is 3.27. The number of urea groups is 1. The maximum absolute atomic E-state index is 11.3. The number of aryl methyl sites for hydroxylation is 1. The first kappa shape index (κ1) is 13.4. The average Bonchev–Trinajstić information content (AvgIpc) is 2.43. The molecule has 2 rings (SSSR count). The number of hydrogen-bond donors (Lipinski definition) is 2. The van der Waals surface area contributed by atoms with Gasteiger partial charge in [-0.15, -0.1) is 0 Å². The molecule has 0 heterocycles. The van der Waals surface area contributed by atoms with Crippen molar-refractivity contribution in [2.24, 2.45) is 5.84 Å². The van der Waals surface area contributed by atoms with Crippen molar-refractivity contribution in [2.45, 2.75) is 13.3 Å². The number of nitrogens with two attached hydrogens (primary N) is 1. The number of benzene rings is 2. The average molecular weight is 257 g/mol. The Morgan fingerprint density at radius 2 is 1.89 bits per heavy atom. The lowest BCUT2D eigenvalue weighted by molar-refractivity contribution is 0.209. The van der Waals surface area contributed by atoms with E-state index in [1.807, 2.05) is 0 Å². The second-order valence-electron chi connectivity index (χ2n) is 4.81. The zero-order valence-electron chi connectivity index (χ0n) is 11.3. The molecule has 0 fully saturated rings. The normalized spacial score (nSPS) is 10.5. The molecule has 0 aliphatic heterocycles. The molecule has 2 aromatic rings. The summed E-state index contributed by atoms with van der Waals surface area (Å²) in [5.41, 5.74) is 4.60. The van der Waals surface area contributed by atoms with Crippen molar-refractivity contribution in [3.05, 3.63) is 47.5 Å². The maximum Gasteiger partial charge on any atom is 0.331 e. The first-order valence-electron chi connectivity index (χ1n) is 6.31. The van der Waals surface area contributed by atoms with E-state index < -0.39 is 0 Å². The lowest BCUT2D eigenvalue weighted by atomic mass is 10.0. The molecule has 0 aliphatic carbocycles. The highest BCUT2D eigenvalue weighted by Gasteiger charge is 2.06. The molecule has 4 nitrogen and oxygen atoms in total. The summed E-state index contributed by atoms with van der Waals surface area (Å²) < 4.78 is 0. The van der Waals surface area contributed by atoms with Crippen molar-refractivity contribution in [1.29, 1.82) is 0 Å². The SMILES string of the molecule is Cc1ccc2cc(CCN(C)C(=O)NN)ccc2c1. The van der Waals surface area contributed by atoms with Crippen LogP contribution in [0.4, 0.5) is 4.79 Å². The number of hydrazine groups is 1. The number of hydrogen-bond acceptors (Lipinski definition) is 2. The highest BCUT2D eigenvalue weighted by atomic mass is 16.2. The predicted octanol–water partition coefficient (Wildman–Crippen LogP) is 2.21. The van der Waals surface area contributed by atoms with Gasteiger partial charge in [-0.2, -0.15) is 0 Å². The molecule has 0 aliphatic rings. The second kappa shape index (κ2) is 5.71. The molecule has 2 amide bonds. The van der Waals surface area contributed by atoms with Crippen molar-refractivity contribution < 1.29 is 4.79 Å². The fourth-order valence-electron chi connectivity index (χ4n) is 2.08. The molecule has 0 saturated carbocycles. The molecule has 4 heteroatoms. The van der Waals surface area contributed by atoms with E-state index in [1.54, 1.807) is 11.9 Å². The highest BCUT2D eigenvalue weighted by molar-refractivity contribution is 5.83. The van der Waals surface area contributed by atoms with Gasteiger partial charge >= 0.3 is 6.03 Å². The van der Waals surface area contributed by atoms with E-state index >= 15 is 0 Å². The minimum atomic E-state index is -0.267. The number of carbonyl (C=O) groups excluding carboxylic acids is 1. The van der Waals surface area contributed by atoms with Crippen LogP contribution in [0.5, 0.6) is 0 Å². The molecule has 0 unspecified atom stereocenters. The van der Waals surface area contributed by atoms with Crippen LogP contribution in [-0.4, -0.2) is 24.5 Å². The summed E-state index contributed by atoms with van der Waals surface area (Å²) in [6.45, 7) is 2.73. The minimum absolute atomic E-state index is 0.267. The Morgan fingerprint density at radius 1 is 1.21 bits per heavy atom. The van der Waals surface area contributed by atoms with E-state index in [4.69, 9.17) is 5.84 Å². The summed E-state index contributed by atoms with van der Waals surface area (Å²) in [6, 6.07) is 12.5. The van der Waals surface area contributed by atoms with E-state index in [2.05, 4.69) is 48.7 Å². The summed E-state index contributed by atoms with van der Waals surface area (Å²) in [5.74, 6) is 5.09. The van der Waals surface area contributed by atoms with Crippen molar-refractivity contribution in [3.8, 4) is 0 Å². The molecule has 0 atom stereocenters. The van der Waals surface area contributed by atoms with Gasteiger partial charge in [0.05, 0.1) is 0 Å². The van der Waals surface area contributed by atoms with Crippen LogP contribution >= 0.6 is 0 Å². The molecule has 0 saturated heterocycles. The van der Waals surface area contributed by atoms with Crippen LogP contribution in [-0.2, 0) is 6.42 Å². The van der Waals surface area contributed by atoms with Crippen LogP contribution in [0.15, 0.2) is 36.4 Å². The minimum Gasteiger partial charge on any atom is -0.326 e. The fourth-order valence-corrected chi connectivity index (χ4v) is 2.08. The Kier molecular flexibility index (Phi) is 4.02. The standard InChI is InChI=1S/C15H19N3O/c1-11-3-5-14-10-12(4-6-13(14)9-11)7-8-18(2)15(19)17-16/h3-6,9-10H,7-8,16H2,1-2H3,(H,17,19). The third kappa shape index (κ3) is 3.23. The van der Waals surface area contributed by atoms with Crippen molar-refractivity contribution in [3.63, 3.8) is 0 Å². The highest BCUT2D eigenvalue weighted by Crippen LogP contribution is 2.18. The number of nitrogens with zero attached hydrogens (tertiary/aromatic N) is 1. The van der Waals surface area contributed by atoms with Crippen LogP contribution in [0.25, 0.3) is 10.8 Å². The van der Waals surface area contributed by atoms with E-state index in [0.29, 0.717) is 6.54 Å². The molecule has 100 valence electrons. The Balaban J connectivity index is 2.09. The van der Waals surface area contributed by atoms with Crippen LogP contribution in [0, 0.1) is 6.92 Å². The second-order valence-corrected chi connectivity index (χ2v) is 4.81. The summed E-state index contributed by atoms with van der Waals surface area (Å²) in [7, 11) is 1.73. The van der Waals surface area contributed by atoms with Gasteiger partial charge in [0.2, 0.25) is 0 Å². The first-order valence-corrected chi connectivity index (χ1v) is 6.31. The molecule has 19 heavy (non-hydrogen) atoms. The van der Waals surface area contributed by atoms with Gasteiger partial charge in [0.1, 0.15) is 0 Å². The van der Waals surface area contributed by atoms with Gasteiger partial charge in [-0.1, -0.05) is 42.0 Å². The Bertz CT molecular complexity index is 595. The summed E-state index contributed by atoms with van der Waals surface area (Å²) >= 11 is 0. The summed E-state index contributed by atoms with van der Waals surface area (Å²) in [5, 5.41) is 2.48. The van der Waals surface area contributed by atoms with Crippen LogP contribution in [0.3, 0.4) is 0 Å². The zero-order valence-corrected chi connectivity index (χ0v) is 11.3. The topological polar surface area (TPSA) is 58.4 Å². The van der Waals surface area contributed by atoms with E-state index in [1.165, 1.54) is 21.9 Å². The smallest absolute Gasteiger partial charge is 0.326 e. The molecule has 3 N–H and O–H groups in total. The van der Waals surface area contributed by atoms with Gasteiger partial charge in [0.25, 0.3) is 0 Å². The Hall–Kier alpha value is -2.07. The van der Waals surface area contributed by atoms with Gasteiger partial charge in [-0.25, -0.2) is 10.6 Å². The van der Waals surface area contributed by atoms with E-state index in [-0.39, 0.29) is 6.03 Å². The van der Waals surface area contributed by atoms with Gasteiger partial charge < -0.3 is 4.90 Å². The number of nitrogens with one attached hydrogen (secondary N) is 1. The Labute approximate surface area is 113 Å². The van der Waals surface area contributed by atoms with Gasteiger partial charge in [-0.05, 0) is 29.7 Å². The monoisotopic (exact) mass is 257 g/mol. The zero-order chi connectivity index (χ0) is 13.8. The van der Waals surface area contributed by atoms with Crippen molar-refractivity contribution in [1.82, 2.24) is 10.3 Å². The molecule has 2 aromatic carbocycles. The number of carbonyl (C=O) groups is 1. The van der Waals surface area contributed by atoms with E-state index in [9.17, 15) is 4.79 Å². The predicted molar refractivity (Wildman–Crippen MR) is 77.7 cm³/mol. The van der Waals surface area contributed by atoms with Gasteiger partial charge in [0.15, 0.2) is 0 Å². The van der Waals surface area contributed by atoms with Crippen LogP contribution < -0.4 is 11.3 Å². The molecular formula is C15H19N3O. The number of likely N-dealkylation sites (N-methyl/N-ethyl adjacent to an activating group) is 1. The van der Waals surface area contributed by atoms with Crippen molar-refractivity contribution in [2.75, 3.05) is 13.6 Å². The first-order chi connectivity index (χ1) is 9.10. The number of rotatable bonds is 3. The fraction of sp³-hybridized carbons (Fsp3) is 0.267.